The van der Waals surface area contributed by atoms with E-state index in [1.54, 1.807) is 11.3 Å². The number of esters is 1. The fourth-order valence-corrected chi connectivity index (χ4v) is 5.84. The van der Waals surface area contributed by atoms with Gasteiger partial charge in [-0.3, -0.25) is 9.20 Å². The van der Waals surface area contributed by atoms with Crippen LogP contribution in [-0.2, 0) is 16.7 Å². The Morgan fingerprint density at radius 2 is 2.03 bits per heavy atom. The van der Waals surface area contributed by atoms with Crippen molar-refractivity contribution in [3.8, 4) is 0 Å². The van der Waals surface area contributed by atoms with E-state index >= 15 is 0 Å². The molecule has 3 aromatic rings. The average Bonchev–Trinajstić information content (AvgIpc) is 3.17. The summed E-state index contributed by atoms with van der Waals surface area (Å²) in [4.78, 5) is 31.8. The first kappa shape index (κ1) is 21.5. The summed E-state index contributed by atoms with van der Waals surface area (Å²) in [7, 11) is 0. The number of aryl methyl sites for hydroxylation is 1. The SMILES string of the molecule is CCOC(=O)c1c(NC(=O)c2c(C)nc3ccccn23)sc2c1CC(C)(C)NC2(C)C. The van der Waals surface area contributed by atoms with Crippen molar-refractivity contribution in [2.24, 2.45) is 0 Å². The van der Waals surface area contributed by atoms with Crippen molar-refractivity contribution in [1.29, 1.82) is 0 Å². The molecule has 0 atom stereocenters. The third kappa shape index (κ3) is 3.74. The van der Waals surface area contributed by atoms with E-state index in [0.29, 0.717) is 34.0 Å². The molecular formula is C23H28N4O3S. The first-order valence-corrected chi connectivity index (χ1v) is 11.2. The number of nitrogens with one attached hydrogen (secondary N) is 2. The quantitative estimate of drug-likeness (QED) is 0.591. The number of nitrogens with zero attached hydrogens (tertiary/aromatic N) is 2. The number of amides is 1. The molecule has 0 aromatic carbocycles. The molecule has 31 heavy (non-hydrogen) atoms. The lowest BCUT2D eigenvalue weighted by Crippen LogP contribution is -2.55. The molecule has 1 aliphatic rings. The van der Waals surface area contributed by atoms with Crippen molar-refractivity contribution in [2.45, 2.75) is 59.0 Å². The Morgan fingerprint density at radius 1 is 1.29 bits per heavy atom. The first-order valence-electron chi connectivity index (χ1n) is 10.4. The number of carbonyl (C=O) groups is 2. The summed E-state index contributed by atoms with van der Waals surface area (Å²) in [6.07, 6.45) is 2.48. The molecule has 0 radical (unpaired) electrons. The van der Waals surface area contributed by atoms with E-state index in [1.165, 1.54) is 11.3 Å². The number of hydrogen-bond donors (Lipinski definition) is 2. The van der Waals surface area contributed by atoms with Crippen LogP contribution in [0.1, 0.15) is 71.6 Å². The lowest BCUT2D eigenvalue weighted by Gasteiger charge is -2.42. The molecule has 4 heterocycles. The van der Waals surface area contributed by atoms with Crippen molar-refractivity contribution in [3.63, 3.8) is 0 Å². The van der Waals surface area contributed by atoms with E-state index < -0.39 is 5.97 Å². The van der Waals surface area contributed by atoms with Gasteiger partial charge in [-0.25, -0.2) is 9.78 Å². The van der Waals surface area contributed by atoms with Gasteiger partial charge in [-0.15, -0.1) is 11.3 Å². The van der Waals surface area contributed by atoms with Crippen LogP contribution in [0, 0.1) is 6.92 Å². The van der Waals surface area contributed by atoms with Crippen molar-refractivity contribution in [1.82, 2.24) is 14.7 Å². The summed E-state index contributed by atoms with van der Waals surface area (Å²) >= 11 is 1.44. The Hall–Kier alpha value is -2.71. The van der Waals surface area contributed by atoms with Crippen LogP contribution in [0.15, 0.2) is 24.4 Å². The summed E-state index contributed by atoms with van der Waals surface area (Å²) in [5.41, 5.74) is 2.66. The number of pyridine rings is 1. The number of thiophene rings is 1. The minimum Gasteiger partial charge on any atom is -0.462 e. The molecule has 7 nitrogen and oxygen atoms in total. The van der Waals surface area contributed by atoms with Gasteiger partial charge >= 0.3 is 5.97 Å². The number of rotatable bonds is 4. The number of aromatic nitrogens is 2. The minimum absolute atomic E-state index is 0.196. The van der Waals surface area contributed by atoms with E-state index in [-0.39, 0.29) is 23.6 Å². The fourth-order valence-electron chi connectivity index (χ4n) is 4.58. The van der Waals surface area contributed by atoms with Gasteiger partial charge in [0.2, 0.25) is 0 Å². The topological polar surface area (TPSA) is 84.7 Å². The van der Waals surface area contributed by atoms with E-state index in [4.69, 9.17) is 4.74 Å². The minimum atomic E-state index is -0.404. The van der Waals surface area contributed by atoms with Crippen LogP contribution in [0.4, 0.5) is 5.00 Å². The molecular weight excluding hydrogens is 412 g/mol. The van der Waals surface area contributed by atoms with Gasteiger partial charge in [0.1, 0.15) is 16.3 Å². The monoisotopic (exact) mass is 440 g/mol. The van der Waals surface area contributed by atoms with Gasteiger partial charge in [-0.05, 0) is 65.7 Å². The molecule has 0 saturated heterocycles. The maximum absolute atomic E-state index is 13.3. The molecule has 0 saturated carbocycles. The number of anilines is 1. The Bertz CT molecular complexity index is 1190. The van der Waals surface area contributed by atoms with Gasteiger partial charge in [0.15, 0.2) is 0 Å². The van der Waals surface area contributed by atoms with Crippen LogP contribution < -0.4 is 10.6 Å². The number of hydrogen-bond acceptors (Lipinski definition) is 6. The predicted molar refractivity (Wildman–Crippen MR) is 122 cm³/mol. The molecule has 3 aromatic heterocycles. The molecule has 0 bridgehead atoms. The summed E-state index contributed by atoms with van der Waals surface area (Å²) in [5.74, 6) is -0.705. The van der Waals surface area contributed by atoms with Crippen LogP contribution >= 0.6 is 11.3 Å². The molecule has 1 amide bonds. The molecule has 0 aliphatic carbocycles. The van der Waals surface area contributed by atoms with Crippen LogP contribution in [0.25, 0.3) is 5.65 Å². The highest BCUT2D eigenvalue weighted by Crippen LogP contribution is 2.45. The summed E-state index contributed by atoms with van der Waals surface area (Å²) in [6.45, 7) is 12.3. The Labute approximate surface area is 185 Å². The van der Waals surface area contributed by atoms with E-state index in [1.807, 2.05) is 31.3 Å². The van der Waals surface area contributed by atoms with E-state index in [0.717, 1.165) is 10.4 Å². The van der Waals surface area contributed by atoms with Crippen molar-refractivity contribution < 1.29 is 14.3 Å². The largest absolute Gasteiger partial charge is 0.462 e. The van der Waals surface area contributed by atoms with E-state index in [2.05, 4.69) is 43.3 Å². The van der Waals surface area contributed by atoms with Gasteiger partial charge in [0, 0.05) is 22.2 Å². The van der Waals surface area contributed by atoms with Crippen molar-refractivity contribution in [3.05, 3.63) is 51.8 Å². The molecule has 0 spiro atoms. The third-order valence-corrected chi connectivity index (χ3v) is 6.94. The molecule has 4 rings (SSSR count). The van der Waals surface area contributed by atoms with Gasteiger partial charge in [-0.1, -0.05) is 6.07 Å². The van der Waals surface area contributed by atoms with Gasteiger partial charge in [-0.2, -0.15) is 0 Å². The van der Waals surface area contributed by atoms with Crippen LogP contribution in [0.2, 0.25) is 0 Å². The highest BCUT2D eigenvalue weighted by molar-refractivity contribution is 7.17. The predicted octanol–water partition coefficient (Wildman–Crippen LogP) is 4.29. The lowest BCUT2D eigenvalue weighted by molar-refractivity contribution is 0.0526. The van der Waals surface area contributed by atoms with Gasteiger partial charge in [0.25, 0.3) is 5.91 Å². The summed E-state index contributed by atoms with van der Waals surface area (Å²) in [5, 5.41) is 7.16. The molecule has 0 unspecified atom stereocenters. The molecule has 164 valence electrons. The maximum Gasteiger partial charge on any atom is 0.341 e. The summed E-state index contributed by atoms with van der Waals surface area (Å²) < 4.78 is 7.13. The Balaban J connectivity index is 1.81. The number of fused-ring (bicyclic) bond motifs is 2. The molecule has 1 aliphatic heterocycles. The fraction of sp³-hybridized carbons (Fsp3) is 0.435. The third-order valence-electron chi connectivity index (χ3n) is 5.47. The van der Waals surface area contributed by atoms with Crippen molar-refractivity contribution in [2.75, 3.05) is 11.9 Å². The number of ether oxygens (including phenoxy) is 1. The first-order chi connectivity index (χ1) is 14.5. The smallest absolute Gasteiger partial charge is 0.341 e. The molecule has 2 N–H and O–H groups in total. The maximum atomic E-state index is 13.3. The van der Waals surface area contributed by atoms with Gasteiger partial charge in [0.05, 0.1) is 17.9 Å². The number of imidazole rings is 1. The second kappa shape index (κ2) is 7.46. The average molecular weight is 441 g/mol. The zero-order valence-corrected chi connectivity index (χ0v) is 19.6. The molecule has 8 heteroatoms. The van der Waals surface area contributed by atoms with Crippen LogP contribution in [0.3, 0.4) is 0 Å². The zero-order valence-electron chi connectivity index (χ0n) is 18.8. The standard InChI is InChI=1S/C23H28N4O3S/c1-7-30-21(29)16-14-12-22(3,4)26-23(5,6)18(14)31-20(16)25-19(28)17-13(2)24-15-10-8-9-11-27(15)17/h8-11,26H,7,12H2,1-6H3,(H,25,28). The lowest BCUT2D eigenvalue weighted by atomic mass is 9.81. The zero-order chi connectivity index (χ0) is 22.6. The summed E-state index contributed by atoms with van der Waals surface area (Å²) in [6, 6.07) is 5.59. The second-order valence-corrected chi connectivity index (χ2v) is 10.1. The Kier molecular flexibility index (Phi) is 5.18. The van der Waals surface area contributed by atoms with Crippen molar-refractivity contribution >= 4 is 33.9 Å². The normalized spacial score (nSPS) is 16.7. The van der Waals surface area contributed by atoms with Crippen LogP contribution in [0.5, 0.6) is 0 Å². The number of carbonyl (C=O) groups excluding carboxylic acids is 2. The Morgan fingerprint density at radius 3 is 2.74 bits per heavy atom. The van der Waals surface area contributed by atoms with Gasteiger partial charge < -0.3 is 15.4 Å². The van der Waals surface area contributed by atoms with Crippen LogP contribution in [-0.4, -0.2) is 33.4 Å². The highest BCUT2D eigenvalue weighted by atomic mass is 32.1. The second-order valence-electron chi connectivity index (χ2n) is 9.07. The highest BCUT2D eigenvalue weighted by Gasteiger charge is 2.42. The molecule has 0 fully saturated rings. The van der Waals surface area contributed by atoms with E-state index in [9.17, 15) is 9.59 Å².